The molecular formula is C15H25NO. The molecule has 0 aliphatic carbocycles. The first-order valence-corrected chi connectivity index (χ1v) is 6.38. The van der Waals surface area contributed by atoms with Gasteiger partial charge in [-0.05, 0) is 57.9 Å². The van der Waals surface area contributed by atoms with Crippen LogP contribution >= 0.6 is 0 Å². The lowest BCUT2D eigenvalue weighted by Crippen LogP contribution is -2.33. The summed E-state index contributed by atoms with van der Waals surface area (Å²) in [6.07, 6.45) is 1.32. The Morgan fingerprint density at radius 1 is 1.18 bits per heavy atom. The van der Waals surface area contributed by atoms with Gasteiger partial charge in [0.1, 0.15) is 0 Å². The summed E-state index contributed by atoms with van der Waals surface area (Å²) in [5.74, 6) is 0. The first-order valence-electron chi connectivity index (χ1n) is 6.38. The molecule has 0 aliphatic heterocycles. The third-order valence-corrected chi connectivity index (χ3v) is 3.09. The monoisotopic (exact) mass is 235 g/mol. The molecule has 1 rings (SSSR count). The highest BCUT2D eigenvalue weighted by molar-refractivity contribution is 5.30. The van der Waals surface area contributed by atoms with Gasteiger partial charge in [0.2, 0.25) is 0 Å². The van der Waals surface area contributed by atoms with Gasteiger partial charge in [0.25, 0.3) is 0 Å². The fraction of sp³-hybridized carbons (Fsp3) is 0.600. The van der Waals surface area contributed by atoms with Crippen LogP contribution in [0.4, 0.5) is 0 Å². The van der Waals surface area contributed by atoms with E-state index in [9.17, 15) is 0 Å². The molecule has 0 aromatic heterocycles. The lowest BCUT2D eigenvalue weighted by molar-refractivity contribution is 0.0628. The SMILES string of the molecule is CNC(COC(C)C)Cc1ccc(C)c(C)c1. The van der Waals surface area contributed by atoms with Crippen LogP contribution < -0.4 is 5.32 Å². The highest BCUT2D eigenvalue weighted by Crippen LogP contribution is 2.12. The van der Waals surface area contributed by atoms with Crippen LogP contribution in [0.1, 0.15) is 30.5 Å². The zero-order valence-corrected chi connectivity index (χ0v) is 11.7. The Morgan fingerprint density at radius 3 is 2.41 bits per heavy atom. The first-order chi connectivity index (χ1) is 8.02. The molecule has 0 aliphatic rings. The first kappa shape index (κ1) is 14.2. The van der Waals surface area contributed by atoms with E-state index in [2.05, 4.69) is 51.2 Å². The molecule has 1 N–H and O–H groups in total. The predicted octanol–water partition coefficient (Wildman–Crippen LogP) is 2.86. The van der Waals surface area contributed by atoms with Crippen LogP contribution in [0.5, 0.6) is 0 Å². The molecule has 1 unspecified atom stereocenters. The van der Waals surface area contributed by atoms with Crippen molar-refractivity contribution in [3.63, 3.8) is 0 Å². The molecular weight excluding hydrogens is 210 g/mol. The Bertz CT molecular complexity index is 347. The van der Waals surface area contributed by atoms with Crippen molar-refractivity contribution in [1.29, 1.82) is 0 Å². The standard InChI is InChI=1S/C15H25NO/c1-11(2)17-10-15(16-5)9-14-7-6-12(3)13(4)8-14/h6-8,11,15-16H,9-10H2,1-5H3. The number of aryl methyl sites for hydroxylation is 2. The van der Waals surface area contributed by atoms with Crippen molar-refractivity contribution in [1.82, 2.24) is 5.32 Å². The lowest BCUT2D eigenvalue weighted by atomic mass is 10.0. The molecule has 17 heavy (non-hydrogen) atoms. The van der Waals surface area contributed by atoms with Gasteiger partial charge in [0, 0.05) is 6.04 Å². The number of rotatable bonds is 6. The lowest BCUT2D eigenvalue weighted by Gasteiger charge is -2.18. The average molecular weight is 235 g/mol. The summed E-state index contributed by atoms with van der Waals surface area (Å²) in [7, 11) is 2.00. The fourth-order valence-corrected chi connectivity index (χ4v) is 1.77. The number of benzene rings is 1. The van der Waals surface area contributed by atoms with Crippen LogP contribution in [0, 0.1) is 13.8 Å². The van der Waals surface area contributed by atoms with Crippen LogP contribution in [0.2, 0.25) is 0 Å². The van der Waals surface area contributed by atoms with E-state index in [-0.39, 0.29) is 0 Å². The van der Waals surface area contributed by atoms with E-state index < -0.39 is 0 Å². The van der Waals surface area contributed by atoms with Gasteiger partial charge in [-0.15, -0.1) is 0 Å². The topological polar surface area (TPSA) is 21.3 Å². The number of likely N-dealkylation sites (N-methyl/N-ethyl adjacent to an activating group) is 1. The normalized spacial score (nSPS) is 13.1. The smallest absolute Gasteiger partial charge is 0.0626 e. The molecule has 0 saturated carbocycles. The summed E-state index contributed by atoms with van der Waals surface area (Å²) in [6.45, 7) is 9.22. The van der Waals surface area contributed by atoms with E-state index >= 15 is 0 Å². The van der Waals surface area contributed by atoms with E-state index in [0.717, 1.165) is 13.0 Å². The van der Waals surface area contributed by atoms with Crippen molar-refractivity contribution < 1.29 is 4.74 Å². The number of nitrogens with one attached hydrogen (secondary N) is 1. The van der Waals surface area contributed by atoms with Crippen molar-refractivity contribution in [2.75, 3.05) is 13.7 Å². The third kappa shape index (κ3) is 4.88. The van der Waals surface area contributed by atoms with Gasteiger partial charge < -0.3 is 10.1 Å². The molecule has 0 spiro atoms. The zero-order chi connectivity index (χ0) is 12.8. The maximum Gasteiger partial charge on any atom is 0.0626 e. The van der Waals surface area contributed by atoms with Gasteiger partial charge in [-0.3, -0.25) is 0 Å². The van der Waals surface area contributed by atoms with Crippen molar-refractivity contribution in [2.24, 2.45) is 0 Å². The fourth-order valence-electron chi connectivity index (χ4n) is 1.77. The molecule has 2 heteroatoms. The predicted molar refractivity (Wildman–Crippen MR) is 73.6 cm³/mol. The highest BCUT2D eigenvalue weighted by atomic mass is 16.5. The highest BCUT2D eigenvalue weighted by Gasteiger charge is 2.09. The van der Waals surface area contributed by atoms with E-state index in [0.29, 0.717) is 12.1 Å². The van der Waals surface area contributed by atoms with Gasteiger partial charge >= 0.3 is 0 Å². The van der Waals surface area contributed by atoms with Gasteiger partial charge in [-0.2, -0.15) is 0 Å². The minimum atomic E-state index is 0.297. The van der Waals surface area contributed by atoms with Crippen LogP contribution in [-0.2, 0) is 11.2 Å². The third-order valence-electron chi connectivity index (χ3n) is 3.09. The molecule has 96 valence electrons. The molecule has 0 amide bonds. The second kappa shape index (κ2) is 6.77. The Kier molecular flexibility index (Phi) is 5.66. The molecule has 1 aromatic carbocycles. The van der Waals surface area contributed by atoms with Crippen LogP contribution in [0.3, 0.4) is 0 Å². The molecule has 0 radical (unpaired) electrons. The van der Waals surface area contributed by atoms with E-state index in [1.807, 2.05) is 7.05 Å². The minimum absolute atomic E-state index is 0.297. The maximum absolute atomic E-state index is 5.66. The van der Waals surface area contributed by atoms with Crippen LogP contribution in [0.15, 0.2) is 18.2 Å². The summed E-state index contributed by atoms with van der Waals surface area (Å²) >= 11 is 0. The van der Waals surface area contributed by atoms with Crippen molar-refractivity contribution >= 4 is 0 Å². The van der Waals surface area contributed by atoms with E-state index in [4.69, 9.17) is 4.74 Å². The molecule has 0 saturated heterocycles. The maximum atomic E-state index is 5.66. The van der Waals surface area contributed by atoms with Crippen LogP contribution in [0.25, 0.3) is 0 Å². The summed E-state index contributed by atoms with van der Waals surface area (Å²) in [5.41, 5.74) is 4.09. The Balaban J connectivity index is 2.57. The summed E-state index contributed by atoms with van der Waals surface area (Å²) in [5, 5.41) is 3.31. The second-order valence-electron chi connectivity index (χ2n) is 4.99. The summed E-state index contributed by atoms with van der Waals surface area (Å²) in [6, 6.07) is 7.07. The van der Waals surface area contributed by atoms with E-state index in [1.54, 1.807) is 0 Å². The summed E-state index contributed by atoms with van der Waals surface area (Å²) < 4.78 is 5.66. The Hall–Kier alpha value is -0.860. The number of ether oxygens (including phenoxy) is 1. The number of hydrogen-bond acceptors (Lipinski definition) is 2. The molecule has 1 aromatic rings. The van der Waals surface area contributed by atoms with Crippen LogP contribution in [-0.4, -0.2) is 25.8 Å². The number of hydrogen-bond donors (Lipinski definition) is 1. The van der Waals surface area contributed by atoms with Gasteiger partial charge in [-0.25, -0.2) is 0 Å². The molecule has 0 fully saturated rings. The van der Waals surface area contributed by atoms with E-state index in [1.165, 1.54) is 16.7 Å². The second-order valence-corrected chi connectivity index (χ2v) is 4.99. The van der Waals surface area contributed by atoms with Crippen molar-refractivity contribution in [3.05, 3.63) is 34.9 Å². The zero-order valence-electron chi connectivity index (χ0n) is 11.7. The molecule has 0 bridgehead atoms. The average Bonchev–Trinajstić information content (AvgIpc) is 2.28. The van der Waals surface area contributed by atoms with Gasteiger partial charge in [-0.1, -0.05) is 18.2 Å². The molecule has 0 heterocycles. The van der Waals surface area contributed by atoms with Gasteiger partial charge in [0.05, 0.1) is 12.7 Å². The quantitative estimate of drug-likeness (QED) is 0.818. The van der Waals surface area contributed by atoms with Crippen molar-refractivity contribution in [3.8, 4) is 0 Å². The molecule has 1 atom stereocenters. The molecule has 2 nitrogen and oxygen atoms in total. The minimum Gasteiger partial charge on any atom is -0.377 e. The van der Waals surface area contributed by atoms with Crippen molar-refractivity contribution in [2.45, 2.75) is 46.3 Å². The summed E-state index contributed by atoms with van der Waals surface area (Å²) in [4.78, 5) is 0. The van der Waals surface area contributed by atoms with Gasteiger partial charge in [0.15, 0.2) is 0 Å². The Labute approximate surface area is 105 Å². The Morgan fingerprint density at radius 2 is 1.88 bits per heavy atom. The largest absolute Gasteiger partial charge is 0.377 e.